The zero-order chi connectivity index (χ0) is 22.7. The second-order valence-electron chi connectivity index (χ2n) is 10.1. The van der Waals surface area contributed by atoms with Crippen LogP contribution in [0, 0.1) is 23.2 Å². The summed E-state index contributed by atoms with van der Waals surface area (Å²) >= 11 is 0. The molecule has 0 heterocycles. The summed E-state index contributed by atoms with van der Waals surface area (Å²) < 4.78 is 10.8. The van der Waals surface area contributed by atoms with Gasteiger partial charge in [-0.15, -0.1) is 0 Å². The maximum atomic E-state index is 13.6. The van der Waals surface area contributed by atoms with Crippen molar-refractivity contribution in [1.29, 1.82) is 0 Å². The smallest absolute Gasteiger partial charge is 0.166 e. The topological polar surface area (TPSA) is 96.2 Å². The Morgan fingerprint density at radius 2 is 1.84 bits per heavy atom. The predicted molar refractivity (Wildman–Crippen MR) is 121 cm³/mol. The van der Waals surface area contributed by atoms with Crippen LogP contribution in [0.1, 0.15) is 73.7 Å². The van der Waals surface area contributed by atoms with Crippen molar-refractivity contribution in [3.8, 4) is 5.75 Å². The van der Waals surface area contributed by atoms with Crippen molar-refractivity contribution in [2.75, 3.05) is 33.0 Å². The van der Waals surface area contributed by atoms with Gasteiger partial charge in [-0.3, -0.25) is 4.79 Å². The molecule has 3 aliphatic carbocycles. The van der Waals surface area contributed by atoms with Crippen LogP contribution in [0.3, 0.4) is 0 Å². The fraction of sp³-hybridized carbons (Fsp3) is 0.731. The van der Waals surface area contributed by atoms with Crippen LogP contribution in [-0.4, -0.2) is 60.2 Å². The van der Waals surface area contributed by atoms with Crippen LogP contribution in [0.5, 0.6) is 5.75 Å². The molecule has 178 valence electrons. The van der Waals surface area contributed by atoms with Gasteiger partial charge in [0, 0.05) is 18.1 Å². The molecular formula is C26H38O6. The maximum absolute atomic E-state index is 13.6. The van der Waals surface area contributed by atoms with E-state index in [2.05, 4.69) is 6.92 Å². The molecule has 0 aliphatic heterocycles. The van der Waals surface area contributed by atoms with Gasteiger partial charge in [0.2, 0.25) is 0 Å². The standard InChI is InChI=1S/C26H38O6/c1-26-10-9-19-18-6-5-17(28)16-21(18)25(30)20(24(19)22(26)7-8-23(26)29)4-2-3-12-31-14-15-32-13-11-27/h5-6,16,19-20,22-24,27-29H,2-4,7-15H2,1H3. The molecule has 3 N–H and O–H groups in total. The molecule has 2 saturated carbocycles. The molecule has 0 bridgehead atoms. The molecule has 0 aromatic heterocycles. The number of aliphatic hydroxyl groups is 2. The van der Waals surface area contributed by atoms with Crippen molar-refractivity contribution < 1.29 is 29.6 Å². The van der Waals surface area contributed by atoms with E-state index in [1.807, 2.05) is 6.07 Å². The Bertz CT molecular complexity index is 795. The monoisotopic (exact) mass is 446 g/mol. The largest absolute Gasteiger partial charge is 0.508 e. The van der Waals surface area contributed by atoms with Crippen LogP contribution in [-0.2, 0) is 9.47 Å². The van der Waals surface area contributed by atoms with E-state index in [9.17, 15) is 15.0 Å². The lowest BCUT2D eigenvalue weighted by molar-refractivity contribution is -0.0352. The average molecular weight is 447 g/mol. The summed E-state index contributed by atoms with van der Waals surface area (Å²) in [6.07, 6.45) is 6.16. The number of hydrogen-bond donors (Lipinski definition) is 3. The first-order chi connectivity index (χ1) is 15.5. The van der Waals surface area contributed by atoms with Gasteiger partial charge in [-0.1, -0.05) is 19.4 Å². The number of benzene rings is 1. The minimum Gasteiger partial charge on any atom is -0.508 e. The molecule has 0 amide bonds. The molecule has 3 aliphatic rings. The van der Waals surface area contributed by atoms with Crippen molar-refractivity contribution in [1.82, 2.24) is 0 Å². The van der Waals surface area contributed by atoms with Crippen molar-refractivity contribution in [2.45, 2.75) is 63.9 Å². The SMILES string of the molecule is CC12CCC3c4ccc(O)cc4C(=O)C(CCCCOCCOCCO)C3C1CCC2O. The Kier molecular flexibility index (Phi) is 7.55. The first-order valence-corrected chi connectivity index (χ1v) is 12.3. The molecule has 1 aromatic carbocycles. The highest BCUT2D eigenvalue weighted by atomic mass is 16.5. The zero-order valence-electron chi connectivity index (χ0n) is 19.2. The van der Waals surface area contributed by atoms with Gasteiger partial charge in [-0.25, -0.2) is 0 Å². The number of Topliss-reactive ketones (excluding diaryl/α,β-unsaturated/α-hetero) is 1. The van der Waals surface area contributed by atoms with Crippen LogP contribution in [0.2, 0.25) is 0 Å². The molecule has 6 atom stereocenters. The van der Waals surface area contributed by atoms with E-state index in [0.29, 0.717) is 43.8 Å². The molecule has 2 fully saturated rings. The third-order valence-electron chi connectivity index (χ3n) is 8.45. The molecule has 0 spiro atoms. The molecule has 0 radical (unpaired) electrons. The normalized spacial score (nSPS) is 33.6. The van der Waals surface area contributed by atoms with Gasteiger partial charge < -0.3 is 24.8 Å². The van der Waals surface area contributed by atoms with Crippen molar-refractivity contribution >= 4 is 5.78 Å². The highest BCUT2D eigenvalue weighted by Gasteiger charge is 2.58. The highest BCUT2D eigenvalue weighted by molar-refractivity contribution is 6.01. The second-order valence-corrected chi connectivity index (χ2v) is 10.1. The van der Waals surface area contributed by atoms with Crippen molar-refractivity contribution in [3.05, 3.63) is 29.3 Å². The number of aliphatic hydroxyl groups excluding tert-OH is 2. The van der Waals surface area contributed by atoms with E-state index in [1.54, 1.807) is 12.1 Å². The number of ether oxygens (including phenoxy) is 2. The van der Waals surface area contributed by atoms with E-state index in [1.165, 1.54) is 0 Å². The number of unbranched alkanes of at least 4 members (excludes halogenated alkanes) is 1. The number of aromatic hydroxyl groups is 1. The lowest BCUT2D eigenvalue weighted by atomic mass is 9.51. The number of phenols is 1. The Hall–Kier alpha value is -1.47. The van der Waals surface area contributed by atoms with Gasteiger partial charge in [-0.2, -0.15) is 0 Å². The number of carbonyl (C=O) groups excluding carboxylic acids is 1. The van der Waals surface area contributed by atoms with Gasteiger partial charge in [0.15, 0.2) is 5.78 Å². The summed E-state index contributed by atoms with van der Waals surface area (Å²) in [5.74, 6) is 1.23. The van der Waals surface area contributed by atoms with Gasteiger partial charge in [0.25, 0.3) is 0 Å². The molecule has 6 nitrogen and oxygen atoms in total. The fourth-order valence-electron chi connectivity index (χ4n) is 6.83. The van der Waals surface area contributed by atoms with Crippen LogP contribution in [0.15, 0.2) is 18.2 Å². The Morgan fingerprint density at radius 1 is 1.06 bits per heavy atom. The van der Waals surface area contributed by atoms with E-state index >= 15 is 0 Å². The summed E-state index contributed by atoms with van der Waals surface area (Å²) in [4.78, 5) is 13.6. The Balaban J connectivity index is 1.44. The second kappa shape index (κ2) is 10.2. The quantitative estimate of drug-likeness (QED) is 0.475. The van der Waals surface area contributed by atoms with Gasteiger partial charge >= 0.3 is 0 Å². The van der Waals surface area contributed by atoms with Crippen LogP contribution in [0.25, 0.3) is 0 Å². The van der Waals surface area contributed by atoms with Crippen LogP contribution >= 0.6 is 0 Å². The molecule has 0 saturated heterocycles. The Labute approximate surface area is 190 Å². The summed E-state index contributed by atoms with van der Waals surface area (Å²) in [7, 11) is 0. The molecule has 6 heteroatoms. The first-order valence-electron chi connectivity index (χ1n) is 12.3. The number of phenolic OH excluding ortho intramolecular Hbond substituents is 1. The average Bonchev–Trinajstić information content (AvgIpc) is 3.09. The number of carbonyl (C=O) groups is 1. The lowest BCUT2D eigenvalue weighted by Gasteiger charge is -2.52. The summed E-state index contributed by atoms with van der Waals surface area (Å²) in [6, 6.07) is 5.33. The first kappa shape index (κ1) is 23.7. The van der Waals surface area contributed by atoms with Crippen molar-refractivity contribution in [3.63, 3.8) is 0 Å². The summed E-state index contributed by atoms with van der Waals surface area (Å²) in [6.45, 7) is 4.21. The molecular weight excluding hydrogens is 408 g/mol. The van der Waals surface area contributed by atoms with Crippen LogP contribution in [0.4, 0.5) is 0 Å². The highest BCUT2D eigenvalue weighted by Crippen LogP contribution is 2.62. The third-order valence-corrected chi connectivity index (χ3v) is 8.45. The Morgan fingerprint density at radius 3 is 2.62 bits per heavy atom. The number of fused-ring (bicyclic) bond motifs is 5. The fourth-order valence-corrected chi connectivity index (χ4v) is 6.83. The molecule has 6 unspecified atom stereocenters. The van der Waals surface area contributed by atoms with E-state index < -0.39 is 0 Å². The van der Waals surface area contributed by atoms with Crippen molar-refractivity contribution in [2.24, 2.45) is 23.2 Å². The molecule has 32 heavy (non-hydrogen) atoms. The van der Waals surface area contributed by atoms with Crippen LogP contribution < -0.4 is 0 Å². The third kappa shape index (κ3) is 4.47. The minimum absolute atomic E-state index is 0.0234. The summed E-state index contributed by atoms with van der Waals surface area (Å²) in [5.41, 5.74) is 1.71. The minimum atomic E-state index is -0.271. The van der Waals surface area contributed by atoms with E-state index in [0.717, 1.165) is 50.5 Å². The number of rotatable bonds is 10. The zero-order valence-corrected chi connectivity index (χ0v) is 19.2. The molecule has 4 rings (SSSR count). The maximum Gasteiger partial charge on any atom is 0.166 e. The number of ketones is 1. The number of hydrogen-bond acceptors (Lipinski definition) is 6. The summed E-state index contributed by atoms with van der Waals surface area (Å²) in [5, 5.41) is 29.5. The molecule has 1 aromatic rings. The van der Waals surface area contributed by atoms with Gasteiger partial charge in [0.1, 0.15) is 5.75 Å². The van der Waals surface area contributed by atoms with Gasteiger partial charge in [-0.05, 0) is 79.4 Å². The lowest BCUT2D eigenvalue weighted by Crippen LogP contribution is -2.49. The predicted octanol–water partition coefficient (Wildman–Crippen LogP) is 3.67. The van der Waals surface area contributed by atoms with E-state index in [4.69, 9.17) is 14.6 Å². The van der Waals surface area contributed by atoms with E-state index in [-0.39, 0.29) is 41.5 Å². The van der Waals surface area contributed by atoms with Gasteiger partial charge in [0.05, 0.1) is 32.5 Å².